The molecular weight excluding hydrogens is 208 g/mol. The van der Waals surface area contributed by atoms with E-state index in [1.165, 1.54) is 0 Å². The fourth-order valence-corrected chi connectivity index (χ4v) is 1.20. The van der Waals surface area contributed by atoms with Crippen LogP contribution < -0.4 is 0 Å². The highest BCUT2D eigenvalue weighted by atomic mass is 16.5. The number of ether oxygens (including phenoxy) is 1. The highest BCUT2D eigenvalue weighted by molar-refractivity contribution is 5.49. The van der Waals surface area contributed by atoms with E-state index in [0.29, 0.717) is 23.1 Å². The minimum atomic E-state index is -0.220. The van der Waals surface area contributed by atoms with Gasteiger partial charge in [-0.2, -0.15) is 10.2 Å². The number of nitrogens with one attached hydrogen (secondary N) is 1. The molecule has 0 amide bonds. The topological polar surface area (TPSA) is 87.7 Å². The molecule has 0 aliphatic rings. The Kier molecular flexibility index (Phi) is 2.70. The summed E-state index contributed by atoms with van der Waals surface area (Å²) in [4.78, 5) is 7.01. The first-order valence-corrected chi connectivity index (χ1v) is 4.70. The standard InChI is InChI=1S/C10H10N4O2/c1-6(15-2)9-13-10(16-14-9)8-4-3-7(5-11)12-8/h3-4,6,12H,1-2H3. The maximum Gasteiger partial charge on any atom is 0.274 e. The van der Waals surface area contributed by atoms with Gasteiger partial charge in [-0.05, 0) is 19.1 Å². The lowest BCUT2D eigenvalue weighted by atomic mass is 10.4. The zero-order valence-electron chi connectivity index (χ0n) is 8.89. The monoisotopic (exact) mass is 218 g/mol. The van der Waals surface area contributed by atoms with E-state index in [0.717, 1.165) is 0 Å². The van der Waals surface area contributed by atoms with Crippen molar-refractivity contribution in [1.29, 1.82) is 5.26 Å². The molecule has 0 radical (unpaired) electrons. The largest absolute Gasteiger partial charge is 0.374 e. The fraction of sp³-hybridized carbons (Fsp3) is 0.300. The quantitative estimate of drug-likeness (QED) is 0.846. The Morgan fingerprint density at radius 1 is 1.56 bits per heavy atom. The second-order valence-electron chi connectivity index (χ2n) is 3.23. The molecule has 1 unspecified atom stereocenters. The number of nitrogens with zero attached hydrogens (tertiary/aromatic N) is 3. The van der Waals surface area contributed by atoms with Gasteiger partial charge in [-0.15, -0.1) is 0 Å². The lowest BCUT2D eigenvalue weighted by molar-refractivity contribution is 0.109. The molecule has 2 aromatic rings. The molecule has 0 spiro atoms. The van der Waals surface area contributed by atoms with E-state index in [9.17, 15) is 0 Å². The van der Waals surface area contributed by atoms with E-state index in [1.54, 1.807) is 19.2 Å². The van der Waals surface area contributed by atoms with Crippen LogP contribution >= 0.6 is 0 Å². The molecule has 0 saturated heterocycles. The van der Waals surface area contributed by atoms with Crippen LogP contribution in [0.2, 0.25) is 0 Å². The molecular formula is C10H10N4O2. The molecule has 2 heterocycles. The van der Waals surface area contributed by atoms with Gasteiger partial charge in [0.2, 0.25) is 5.82 Å². The molecule has 6 heteroatoms. The van der Waals surface area contributed by atoms with Crippen LogP contribution in [-0.4, -0.2) is 22.2 Å². The van der Waals surface area contributed by atoms with Crippen molar-refractivity contribution in [1.82, 2.24) is 15.1 Å². The Morgan fingerprint density at radius 2 is 2.38 bits per heavy atom. The minimum absolute atomic E-state index is 0.220. The molecule has 0 aromatic carbocycles. The molecule has 1 N–H and O–H groups in total. The van der Waals surface area contributed by atoms with Crippen molar-refractivity contribution in [2.75, 3.05) is 7.11 Å². The molecule has 6 nitrogen and oxygen atoms in total. The summed E-state index contributed by atoms with van der Waals surface area (Å²) < 4.78 is 10.1. The number of aromatic amines is 1. The maximum atomic E-state index is 8.66. The van der Waals surface area contributed by atoms with Gasteiger partial charge in [0.25, 0.3) is 5.89 Å². The van der Waals surface area contributed by atoms with Gasteiger partial charge >= 0.3 is 0 Å². The van der Waals surface area contributed by atoms with Gasteiger partial charge in [0, 0.05) is 7.11 Å². The number of rotatable bonds is 3. The van der Waals surface area contributed by atoms with Crippen LogP contribution in [0.25, 0.3) is 11.6 Å². The van der Waals surface area contributed by atoms with Crippen molar-refractivity contribution in [2.24, 2.45) is 0 Å². The summed E-state index contributed by atoms with van der Waals surface area (Å²) >= 11 is 0. The summed E-state index contributed by atoms with van der Waals surface area (Å²) in [6.45, 7) is 1.82. The third-order valence-electron chi connectivity index (χ3n) is 2.20. The number of hydrogen-bond donors (Lipinski definition) is 1. The average molecular weight is 218 g/mol. The Bertz CT molecular complexity index is 523. The van der Waals surface area contributed by atoms with Crippen LogP contribution in [-0.2, 0) is 4.74 Å². The second-order valence-corrected chi connectivity index (χ2v) is 3.23. The first-order chi connectivity index (χ1) is 7.74. The fourth-order valence-electron chi connectivity index (χ4n) is 1.20. The van der Waals surface area contributed by atoms with Gasteiger partial charge in [0.05, 0.1) is 0 Å². The molecule has 2 rings (SSSR count). The van der Waals surface area contributed by atoms with Crippen molar-refractivity contribution >= 4 is 0 Å². The Morgan fingerprint density at radius 3 is 3.00 bits per heavy atom. The van der Waals surface area contributed by atoms with Crippen molar-refractivity contribution in [3.63, 3.8) is 0 Å². The average Bonchev–Trinajstić information content (AvgIpc) is 2.95. The van der Waals surface area contributed by atoms with Crippen LogP contribution in [0, 0.1) is 11.3 Å². The third-order valence-corrected chi connectivity index (χ3v) is 2.20. The highest BCUT2D eigenvalue weighted by Gasteiger charge is 2.15. The minimum Gasteiger partial charge on any atom is -0.374 e. The smallest absolute Gasteiger partial charge is 0.274 e. The molecule has 0 fully saturated rings. The van der Waals surface area contributed by atoms with Gasteiger partial charge < -0.3 is 14.2 Å². The lowest BCUT2D eigenvalue weighted by Gasteiger charge is -2.00. The SMILES string of the molecule is COC(C)c1noc(-c2ccc(C#N)[nH]2)n1. The van der Waals surface area contributed by atoms with Crippen LogP contribution in [0.4, 0.5) is 0 Å². The molecule has 0 aliphatic carbocycles. The summed E-state index contributed by atoms with van der Waals surface area (Å²) in [5.41, 5.74) is 1.08. The lowest BCUT2D eigenvalue weighted by Crippen LogP contribution is -1.97. The van der Waals surface area contributed by atoms with Crippen LogP contribution in [0.5, 0.6) is 0 Å². The van der Waals surface area contributed by atoms with E-state index < -0.39 is 0 Å². The van der Waals surface area contributed by atoms with E-state index in [4.69, 9.17) is 14.5 Å². The zero-order valence-corrected chi connectivity index (χ0v) is 8.89. The molecule has 2 aromatic heterocycles. The number of methoxy groups -OCH3 is 1. The molecule has 1 atom stereocenters. The van der Waals surface area contributed by atoms with Gasteiger partial charge in [0.1, 0.15) is 23.6 Å². The predicted molar refractivity (Wildman–Crippen MR) is 54.2 cm³/mol. The Balaban J connectivity index is 2.28. The zero-order chi connectivity index (χ0) is 11.5. The molecule has 82 valence electrons. The summed E-state index contributed by atoms with van der Waals surface area (Å²) in [6, 6.07) is 5.36. The molecule has 0 aliphatic heterocycles. The van der Waals surface area contributed by atoms with E-state index in [2.05, 4.69) is 15.1 Å². The van der Waals surface area contributed by atoms with E-state index in [1.807, 2.05) is 13.0 Å². The van der Waals surface area contributed by atoms with E-state index >= 15 is 0 Å². The maximum absolute atomic E-state index is 8.66. The summed E-state index contributed by atoms with van der Waals surface area (Å²) in [6.07, 6.45) is -0.220. The highest BCUT2D eigenvalue weighted by Crippen LogP contribution is 2.19. The van der Waals surface area contributed by atoms with Gasteiger partial charge in [0.15, 0.2) is 0 Å². The van der Waals surface area contributed by atoms with Crippen LogP contribution in [0.3, 0.4) is 0 Å². The Labute approximate surface area is 91.8 Å². The molecule has 0 saturated carbocycles. The van der Waals surface area contributed by atoms with E-state index in [-0.39, 0.29) is 6.10 Å². The van der Waals surface area contributed by atoms with Crippen molar-refractivity contribution in [3.8, 4) is 17.7 Å². The molecule has 0 bridgehead atoms. The van der Waals surface area contributed by atoms with Crippen molar-refractivity contribution in [2.45, 2.75) is 13.0 Å². The first kappa shape index (κ1) is 10.4. The van der Waals surface area contributed by atoms with Crippen molar-refractivity contribution in [3.05, 3.63) is 23.7 Å². The summed E-state index contributed by atoms with van der Waals surface area (Å²) in [7, 11) is 1.57. The number of aromatic nitrogens is 3. The van der Waals surface area contributed by atoms with Crippen LogP contribution in [0.1, 0.15) is 24.5 Å². The normalized spacial score (nSPS) is 12.3. The third kappa shape index (κ3) is 1.81. The summed E-state index contributed by atoms with van der Waals surface area (Å²) in [5.74, 6) is 0.825. The van der Waals surface area contributed by atoms with Gasteiger partial charge in [-0.1, -0.05) is 5.16 Å². The molecule has 16 heavy (non-hydrogen) atoms. The number of H-pyrrole nitrogens is 1. The number of nitriles is 1. The van der Waals surface area contributed by atoms with Crippen molar-refractivity contribution < 1.29 is 9.26 Å². The summed E-state index contributed by atoms with van der Waals surface area (Å²) in [5, 5.41) is 12.4. The first-order valence-electron chi connectivity index (χ1n) is 4.70. The van der Waals surface area contributed by atoms with Gasteiger partial charge in [-0.25, -0.2) is 0 Å². The Hall–Kier alpha value is -2.13. The predicted octanol–water partition coefficient (Wildman–Crippen LogP) is 1.64. The van der Waals surface area contributed by atoms with Crippen LogP contribution in [0.15, 0.2) is 16.7 Å². The second kappa shape index (κ2) is 4.16. The number of hydrogen-bond acceptors (Lipinski definition) is 5. The van der Waals surface area contributed by atoms with Gasteiger partial charge in [-0.3, -0.25) is 0 Å².